The molecule has 1 aromatic rings. The molecular weight excluding hydrogens is 288 g/mol. The van der Waals surface area contributed by atoms with Crippen LogP contribution in [-0.2, 0) is 9.84 Å². The zero-order valence-electron chi connectivity index (χ0n) is 12.1. The molecule has 0 bridgehead atoms. The van der Waals surface area contributed by atoms with Crippen LogP contribution in [-0.4, -0.2) is 39.0 Å². The molecule has 0 aromatic heterocycles. The lowest BCUT2D eigenvalue weighted by Crippen LogP contribution is -2.24. The van der Waals surface area contributed by atoms with Gasteiger partial charge in [0, 0.05) is 13.2 Å². The number of hydrogen-bond acceptors (Lipinski definition) is 5. The van der Waals surface area contributed by atoms with Crippen LogP contribution in [0, 0.1) is 11.3 Å². The van der Waals surface area contributed by atoms with Crippen LogP contribution in [0.15, 0.2) is 29.2 Å². The zero-order chi connectivity index (χ0) is 15.6. The van der Waals surface area contributed by atoms with Crippen molar-refractivity contribution in [2.75, 3.05) is 25.4 Å². The molecule has 0 aliphatic carbocycles. The Labute approximate surface area is 126 Å². The molecule has 6 heteroatoms. The van der Waals surface area contributed by atoms with Crippen molar-refractivity contribution in [2.45, 2.75) is 30.6 Å². The number of rotatable bonds is 10. The Morgan fingerprint density at radius 1 is 1.05 bits per heavy atom. The number of nitrogens with zero attached hydrogens (tertiary/aromatic N) is 1. The number of nitrogens with one attached hydrogen (secondary N) is 1. The van der Waals surface area contributed by atoms with Crippen LogP contribution in [0.2, 0.25) is 0 Å². The van der Waals surface area contributed by atoms with Crippen LogP contribution in [0.3, 0.4) is 0 Å². The van der Waals surface area contributed by atoms with Crippen LogP contribution in [0.25, 0.3) is 0 Å². The van der Waals surface area contributed by atoms with E-state index in [4.69, 9.17) is 10.4 Å². The average Bonchev–Trinajstić information content (AvgIpc) is 2.50. The van der Waals surface area contributed by atoms with E-state index in [-0.39, 0.29) is 17.3 Å². The van der Waals surface area contributed by atoms with Crippen molar-refractivity contribution in [3.63, 3.8) is 0 Å². The first-order valence-corrected chi connectivity index (χ1v) is 8.80. The molecule has 0 heterocycles. The topological polar surface area (TPSA) is 90.2 Å². The molecule has 0 saturated carbocycles. The molecule has 21 heavy (non-hydrogen) atoms. The van der Waals surface area contributed by atoms with Gasteiger partial charge in [-0.1, -0.05) is 12.8 Å². The molecule has 116 valence electrons. The smallest absolute Gasteiger partial charge is 0.179 e. The van der Waals surface area contributed by atoms with Gasteiger partial charge in [0.1, 0.15) is 0 Å². The Morgan fingerprint density at radius 3 is 2.33 bits per heavy atom. The van der Waals surface area contributed by atoms with E-state index in [1.54, 1.807) is 0 Å². The Balaban J connectivity index is 2.28. The lowest BCUT2D eigenvalue weighted by atomic mass is 10.2. The molecule has 0 unspecified atom stereocenters. The standard InChI is InChI=1S/C15H22N2O3S/c16-13-14-5-7-15(8-6-14)21(19,20)12-10-17-9-3-1-2-4-11-18/h5-8,17-18H,1-4,9-12H2. The molecule has 0 atom stereocenters. The second kappa shape index (κ2) is 9.50. The van der Waals surface area contributed by atoms with Gasteiger partial charge in [0.15, 0.2) is 9.84 Å². The Morgan fingerprint density at radius 2 is 1.71 bits per heavy atom. The van der Waals surface area contributed by atoms with Gasteiger partial charge in [-0.05, 0) is 43.7 Å². The number of benzene rings is 1. The fraction of sp³-hybridized carbons (Fsp3) is 0.533. The summed E-state index contributed by atoms with van der Waals surface area (Å²) >= 11 is 0. The fourth-order valence-electron chi connectivity index (χ4n) is 1.90. The Hall–Kier alpha value is -1.42. The summed E-state index contributed by atoms with van der Waals surface area (Å²) in [5.74, 6) is 0.0511. The van der Waals surface area contributed by atoms with Crippen molar-refractivity contribution in [1.82, 2.24) is 5.32 Å². The molecule has 2 N–H and O–H groups in total. The van der Waals surface area contributed by atoms with Crippen molar-refractivity contribution in [3.8, 4) is 6.07 Å². The van der Waals surface area contributed by atoms with E-state index in [0.717, 1.165) is 32.2 Å². The molecule has 0 spiro atoms. The van der Waals surface area contributed by atoms with Gasteiger partial charge < -0.3 is 10.4 Å². The van der Waals surface area contributed by atoms with Gasteiger partial charge in [0.2, 0.25) is 0 Å². The van der Waals surface area contributed by atoms with Gasteiger partial charge in [-0.2, -0.15) is 5.26 Å². The lowest BCUT2D eigenvalue weighted by Gasteiger charge is -2.06. The fourth-order valence-corrected chi connectivity index (χ4v) is 3.10. The first kappa shape index (κ1) is 17.6. The van der Waals surface area contributed by atoms with E-state index in [1.165, 1.54) is 24.3 Å². The van der Waals surface area contributed by atoms with E-state index < -0.39 is 9.84 Å². The monoisotopic (exact) mass is 310 g/mol. The largest absolute Gasteiger partial charge is 0.396 e. The number of sulfone groups is 1. The summed E-state index contributed by atoms with van der Waals surface area (Å²) in [6.45, 7) is 1.44. The summed E-state index contributed by atoms with van der Waals surface area (Å²) in [7, 11) is -3.29. The van der Waals surface area contributed by atoms with Crippen molar-refractivity contribution in [3.05, 3.63) is 29.8 Å². The maximum atomic E-state index is 12.1. The van der Waals surface area contributed by atoms with E-state index in [9.17, 15) is 8.42 Å². The van der Waals surface area contributed by atoms with Crippen molar-refractivity contribution < 1.29 is 13.5 Å². The number of nitriles is 1. The van der Waals surface area contributed by atoms with Crippen LogP contribution < -0.4 is 5.32 Å². The third kappa shape index (κ3) is 6.71. The second-order valence-electron chi connectivity index (χ2n) is 4.84. The molecule has 0 aliphatic rings. The summed E-state index contributed by atoms with van der Waals surface area (Å²) in [5, 5.41) is 20.4. The first-order chi connectivity index (χ1) is 10.1. The lowest BCUT2D eigenvalue weighted by molar-refractivity contribution is 0.282. The number of aliphatic hydroxyl groups excluding tert-OH is 1. The summed E-state index contributed by atoms with van der Waals surface area (Å²) in [4.78, 5) is 0.256. The van der Waals surface area contributed by atoms with Gasteiger partial charge in [0.25, 0.3) is 0 Å². The molecule has 0 fully saturated rings. The van der Waals surface area contributed by atoms with E-state index in [0.29, 0.717) is 12.1 Å². The van der Waals surface area contributed by atoms with E-state index in [2.05, 4.69) is 5.32 Å². The maximum absolute atomic E-state index is 12.1. The zero-order valence-corrected chi connectivity index (χ0v) is 12.9. The van der Waals surface area contributed by atoms with Crippen LogP contribution >= 0.6 is 0 Å². The van der Waals surface area contributed by atoms with Crippen molar-refractivity contribution >= 4 is 9.84 Å². The number of unbranched alkanes of at least 4 members (excludes halogenated alkanes) is 3. The highest BCUT2D eigenvalue weighted by molar-refractivity contribution is 7.91. The van der Waals surface area contributed by atoms with Crippen LogP contribution in [0.5, 0.6) is 0 Å². The molecule has 0 amide bonds. The molecule has 1 aromatic carbocycles. The van der Waals surface area contributed by atoms with Gasteiger partial charge >= 0.3 is 0 Å². The van der Waals surface area contributed by atoms with Gasteiger partial charge in [0.05, 0.1) is 22.3 Å². The van der Waals surface area contributed by atoms with Gasteiger partial charge in [-0.25, -0.2) is 8.42 Å². The molecule has 0 radical (unpaired) electrons. The van der Waals surface area contributed by atoms with Crippen molar-refractivity contribution in [1.29, 1.82) is 5.26 Å². The third-order valence-corrected chi connectivity index (χ3v) is 4.88. The minimum Gasteiger partial charge on any atom is -0.396 e. The van der Waals surface area contributed by atoms with Crippen LogP contribution in [0.1, 0.15) is 31.2 Å². The second-order valence-corrected chi connectivity index (χ2v) is 6.95. The summed E-state index contributed by atoms with van der Waals surface area (Å²) in [5.41, 5.74) is 0.454. The normalized spacial score (nSPS) is 11.2. The minimum absolute atomic E-state index is 0.0511. The number of hydrogen-bond donors (Lipinski definition) is 2. The maximum Gasteiger partial charge on any atom is 0.179 e. The first-order valence-electron chi connectivity index (χ1n) is 7.14. The number of aliphatic hydroxyl groups is 1. The quantitative estimate of drug-likeness (QED) is 0.639. The molecular formula is C15H22N2O3S. The Bertz CT molecular complexity index is 547. The molecule has 0 saturated heterocycles. The van der Waals surface area contributed by atoms with Crippen LogP contribution in [0.4, 0.5) is 0 Å². The molecule has 0 aliphatic heterocycles. The summed E-state index contributed by atoms with van der Waals surface area (Å²) in [6, 6.07) is 7.94. The van der Waals surface area contributed by atoms with Gasteiger partial charge in [-0.15, -0.1) is 0 Å². The highest BCUT2D eigenvalue weighted by atomic mass is 32.2. The predicted molar refractivity (Wildman–Crippen MR) is 81.6 cm³/mol. The Kier molecular flexibility index (Phi) is 7.98. The summed E-state index contributed by atoms with van der Waals surface area (Å²) in [6.07, 6.45) is 3.85. The summed E-state index contributed by atoms with van der Waals surface area (Å²) < 4.78 is 24.1. The van der Waals surface area contributed by atoms with Crippen molar-refractivity contribution in [2.24, 2.45) is 0 Å². The highest BCUT2D eigenvalue weighted by Gasteiger charge is 2.13. The third-order valence-electron chi connectivity index (χ3n) is 3.15. The predicted octanol–water partition coefficient (Wildman–Crippen LogP) is 1.47. The SMILES string of the molecule is N#Cc1ccc(S(=O)(=O)CCNCCCCCCO)cc1. The molecule has 5 nitrogen and oxygen atoms in total. The minimum atomic E-state index is -3.29. The highest BCUT2D eigenvalue weighted by Crippen LogP contribution is 2.11. The van der Waals surface area contributed by atoms with E-state index >= 15 is 0 Å². The average molecular weight is 310 g/mol. The van der Waals surface area contributed by atoms with E-state index in [1.807, 2.05) is 6.07 Å². The van der Waals surface area contributed by atoms with Gasteiger partial charge in [-0.3, -0.25) is 0 Å². The molecule has 1 rings (SSSR count).